The van der Waals surface area contributed by atoms with Crippen LogP contribution >= 0.6 is 11.5 Å². The number of carbonyl (C=O) groups excluding carboxylic acids is 1. The van der Waals surface area contributed by atoms with Crippen LogP contribution in [0.25, 0.3) is 0 Å². The molecule has 0 radical (unpaired) electrons. The average Bonchev–Trinajstić information content (AvgIpc) is 2.92. The Morgan fingerprint density at radius 1 is 1.16 bits per heavy atom. The van der Waals surface area contributed by atoms with Gasteiger partial charge in [0.25, 0.3) is 0 Å². The van der Waals surface area contributed by atoms with Crippen molar-refractivity contribution < 1.29 is 4.79 Å². The minimum atomic E-state index is 0.279. The molecule has 1 saturated heterocycles. The fraction of sp³-hybridized carbons (Fsp3) is 0.526. The first-order valence-electron chi connectivity index (χ1n) is 9.06. The van der Waals surface area contributed by atoms with Crippen LogP contribution in [0.15, 0.2) is 24.3 Å². The molecule has 3 rings (SSSR count). The second-order valence-electron chi connectivity index (χ2n) is 6.63. The predicted octanol–water partition coefficient (Wildman–Crippen LogP) is 3.28. The Bertz CT molecular complexity index is 698. The van der Waals surface area contributed by atoms with Crippen molar-refractivity contribution in [2.24, 2.45) is 0 Å². The third kappa shape index (κ3) is 4.78. The van der Waals surface area contributed by atoms with E-state index in [0.29, 0.717) is 6.42 Å². The third-order valence-electron chi connectivity index (χ3n) is 4.52. The van der Waals surface area contributed by atoms with Crippen molar-refractivity contribution in [1.29, 1.82) is 0 Å². The quantitative estimate of drug-likeness (QED) is 0.823. The molecule has 25 heavy (non-hydrogen) atoms. The number of carbonyl (C=O) groups is 1. The van der Waals surface area contributed by atoms with Gasteiger partial charge in [-0.15, -0.1) is 0 Å². The van der Waals surface area contributed by atoms with Crippen molar-refractivity contribution in [2.45, 2.75) is 39.5 Å². The van der Waals surface area contributed by atoms with Gasteiger partial charge in [0.2, 0.25) is 11.0 Å². The Morgan fingerprint density at radius 3 is 2.72 bits per heavy atom. The van der Waals surface area contributed by atoms with Crippen LogP contribution in [0.3, 0.4) is 0 Å². The van der Waals surface area contributed by atoms with Crippen molar-refractivity contribution in [2.75, 3.05) is 31.1 Å². The van der Waals surface area contributed by atoms with Gasteiger partial charge in [-0.3, -0.25) is 4.79 Å². The van der Waals surface area contributed by atoms with E-state index >= 15 is 0 Å². The van der Waals surface area contributed by atoms with Gasteiger partial charge < -0.3 is 9.80 Å². The Labute approximate surface area is 153 Å². The summed E-state index contributed by atoms with van der Waals surface area (Å²) in [7, 11) is 0. The zero-order valence-electron chi connectivity index (χ0n) is 15.1. The monoisotopic (exact) mass is 358 g/mol. The van der Waals surface area contributed by atoms with Gasteiger partial charge in [0.05, 0.1) is 0 Å². The topological polar surface area (TPSA) is 49.3 Å². The summed E-state index contributed by atoms with van der Waals surface area (Å²) in [5.41, 5.74) is 2.50. The van der Waals surface area contributed by atoms with E-state index in [2.05, 4.69) is 47.4 Å². The Kier molecular flexibility index (Phi) is 6.02. The van der Waals surface area contributed by atoms with Crippen LogP contribution in [0.1, 0.15) is 43.1 Å². The zero-order chi connectivity index (χ0) is 17.6. The number of aromatic nitrogens is 2. The summed E-state index contributed by atoms with van der Waals surface area (Å²) < 4.78 is 4.53. The lowest BCUT2D eigenvalue weighted by Gasteiger charge is -2.21. The summed E-state index contributed by atoms with van der Waals surface area (Å²) in [6.07, 6.45) is 3.32. The number of rotatable bonds is 5. The summed E-state index contributed by atoms with van der Waals surface area (Å²) in [5.74, 6) is 1.16. The summed E-state index contributed by atoms with van der Waals surface area (Å²) in [5, 5.41) is 0.979. The zero-order valence-corrected chi connectivity index (χ0v) is 15.9. The first-order chi connectivity index (χ1) is 12.2. The molecule has 2 aromatic rings. The average molecular weight is 359 g/mol. The van der Waals surface area contributed by atoms with Gasteiger partial charge in [0.15, 0.2) is 0 Å². The molecule has 0 aliphatic carbocycles. The van der Waals surface area contributed by atoms with Crippen molar-refractivity contribution >= 4 is 22.6 Å². The molecule has 1 fully saturated rings. The maximum absolute atomic E-state index is 12.1. The van der Waals surface area contributed by atoms with Crippen LogP contribution in [0.4, 0.5) is 5.13 Å². The second kappa shape index (κ2) is 8.43. The highest BCUT2D eigenvalue weighted by Gasteiger charge is 2.20. The lowest BCUT2D eigenvalue weighted by Crippen LogP contribution is -2.35. The molecule has 5 nitrogen and oxygen atoms in total. The Morgan fingerprint density at radius 2 is 1.96 bits per heavy atom. The van der Waals surface area contributed by atoms with E-state index in [-0.39, 0.29) is 5.91 Å². The standard InChI is InChI=1S/C19H26N4OS/c1-3-5-18(24)22-10-4-11-23(13-12-22)19-20-17(21-25-19)14-16-8-6-15(2)7-9-16/h6-9H,3-5,10-14H2,1-2H3. The molecule has 0 spiro atoms. The molecule has 1 aliphatic rings. The fourth-order valence-corrected chi connectivity index (χ4v) is 3.80. The number of amides is 1. The van der Waals surface area contributed by atoms with E-state index in [4.69, 9.17) is 4.98 Å². The first kappa shape index (κ1) is 17.9. The normalized spacial score (nSPS) is 15.3. The molecule has 1 aromatic heterocycles. The lowest BCUT2D eigenvalue weighted by molar-refractivity contribution is -0.131. The molecule has 0 atom stereocenters. The maximum atomic E-state index is 12.1. The highest BCUT2D eigenvalue weighted by atomic mass is 32.1. The van der Waals surface area contributed by atoms with Crippen LogP contribution in [0.5, 0.6) is 0 Å². The summed E-state index contributed by atoms with van der Waals surface area (Å²) in [6.45, 7) is 7.56. The molecule has 1 amide bonds. The molecule has 0 N–H and O–H groups in total. The number of benzene rings is 1. The van der Waals surface area contributed by atoms with E-state index < -0.39 is 0 Å². The SMILES string of the molecule is CCCC(=O)N1CCCN(c2nc(Cc3ccc(C)cc3)ns2)CC1. The first-order valence-corrected chi connectivity index (χ1v) is 9.84. The molecule has 6 heteroatoms. The minimum Gasteiger partial charge on any atom is -0.345 e. The van der Waals surface area contributed by atoms with Crippen LogP contribution < -0.4 is 4.90 Å². The number of hydrogen-bond donors (Lipinski definition) is 0. The summed E-state index contributed by atoms with van der Waals surface area (Å²) >= 11 is 1.47. The molecular weight excluding hydrogens is 332 g/mol. The maximum Gasteiger partial charge on any atom is 0.222 e. The van der Waals surface area contributed by atoms with Gasteiger partial charge in [0, 0.05) is 50.6 Å². The smallest absolute Gasteiger partial charge is 0.222 e. The number of aryl methyl sites for hydroxylation is 1. The van der Waals surface area contributed by atoms with Crippen LogP contribution in [0.2, 0.25) is 0 Å². The van der Waals surface area contributed by atoms with Gasteiger partial charge in [0.1, 0.15) is 5.82 Å². The number of anilines is 1. The Balaban J connectivity index is 1.60. The highest BCUT2D eigenvalue weighted by Crippen LogP contribution is 2.21. The minimum absolute atomic E-state index is 0.279. The van der Waals surface area contributed by atoms with Crippen molar-refractivity contribution in [3.63, 3.8) is 0 Å². The van der Waals surface area contributed by atoms with E-state index in [1.807, 2.05) is 4.90 Å². The van der Waals surface area contributed by atoms with Crippen LogP contribution in [-0.2, 0) is 11.2 Å². The molecule has 134 valence electrons. The van der Waals surface area contributed by atoms with Crippen molar-refractivity contribution in [1.82, 2.24) is 14.3 Å². The van der Waals surface area contributed by atoms with Crippen LogP contribution in [-0.4, -0.2) is 46.3 Å². The van der Waals surface area contributed by atoms with E-state index in [1.54, 1.807) is 0 Å². The van der Waals surface area contributed by atoms with Gasteiger partial charge in [-0.2, -0.15) is 4.37 Å². The van der Waals surface area contributed by atoms with Crippen molar-refractivity contribution in [3.05, 3.63) is 41.2 Å². The number of nitrogens with zero attached hydrogens (tertiary/aromatic N) is 4. The highest BCUT2D eigenvalue weighted by molar-refractivity contribution is 7.09. The molecule has 2 heterocycles. The number of hydrogen-bond acceptors (Lipinski definition) is 5. The van der Waals surface area contributed by atoms with E-state index in [1.165, 1.54) is 22.7 Å². The van der Waals surface area contributed by atoms with Gasteiger partial charge >= 0.3 is 0 Å². The predicted molar refractivity (Wildman–Crippen MR) is 102 cm³/mol. The van der Waals surface area contributed by atoms with Gasteiger partial charge in [-0.05, 0) is 25.3 Å². The molecule has 1 aliphatic heterocycles. The second-order valence-corrected chi connectivity index (χ2v) is 7.36. The Hall–Kier alpha value is -1.95. The van der Waals surface area contributed by atoms with E-state index in [9.17, 15) is 4.79 Å². The fourth-order valence-electron chi connectivity index (χ4n) is 3.06. The van der Waals surface area contributed by atoms with Gasteiger partial charge in [-0.25, -0.2) is 4.98 Å². The molecular formula is C19H26N4OS. The third-order valence-corrected chi connectivity index (χ3v) is 5.34. The van der Waals surface area contributed by atoms with E-state index in [0.717, 1.165) is 56.4 Å². The van der Waals surface area contributed by atoms with Crippen LogP contribution in [0, 0.1) is 6.92 Å². The lowest BCUT2D eigenvalue weighted by atomic mass is 10.1. The molecule has 0 bridgehead atoms. The molecule has 0 unspecified atom stereocenters. The summed E-state index contributed by atoms with van der Waals surface area (Å²) in [4.78, 5) is 21.1. The summed E-state index contributed by atoms with van der Waals surface area (Å²) in [6, 6.07) is 8.52. The van der Waals surface area contributed by atoms with Gasteiger partial charge in [-0.1, -0.05) is 36.8 Å². The largest absolute Gasteiger partial charge is 0.345 e. The molecule has 0 saturated carbocycles. The van der Waals surface area contributed by atoms with Crippen molar-refractivity contribution in [3.8, 4) is 0 Å². The molecule has 1 aromatic carbocycles.